The van der Waals surface area contributed by atoms with Crippen LogP contribution in [0.25, 0.3) is 11.3 Å². The predicted molar refractivity (Wildman–Crippen MR) is 95.8 cm³/mol. The highest BCUT2D eigenvalue weighted by Crippen LogP contribution is 2.40. The summed E-state index contributed by atoms with van der Waals surface area (Å²) >= 11 is 0. The summed E-state index contributed by atoms with van der Waals surface area (Å²) < 4.78 is 15.3. The molecule has 0 spiro atoms. The maximum absolute atomic E-state index is 11.6. The van der Waals surface area contributed by atoms with Gasteiger partial charge in [-0.05, 0) is 41.7 Å². The van der Waals surface area contributed by atoms with Crippen molar-refractivity contribution >= 4 is 11.4 Å². The number of aromatic hydroxyl groups is 1. The second-order valence-corrected chi connectivity index (χ2v) is 5.76. The number of hydrogen-bond donors (Lipinski definition) is 1. The standard InChI is InChI=1S/C18H18N4O5/c1-10-7-12(5-6-15(10)23)19-20-14-9-17(26-4)16(25-3)8-13(14)18-11(2)22(24)27-21-18/h5-9,23H,1-4H3. The van der Waals surface area contributed by atoms with Crippen LogP contribution in [-0.4, -0.2) is 24.5 Å². The molecule has 9 nitrogen and oxygen atoms in total. The van der Waals surface area contributed by atoms with Crippen molar-refractivity contribution in [2.45, 2.75) is 13.8 Å². The molecule has 0 aliphatic carbocycles. The molecular formula is C18H18N4O5. The van der Waals surface area contributed by atoms with Gasteiger partial charge in [0, 0.05) is 18.1 Å². The molecule has 0 aliphatic heterocycles. The Labute approximate surface area is 155 Å². The first-order valence-electron chi connectivity index (χ1n) is 7.98. The van der Waals surface area contributed by atoms with E-state index >= 15 is 0 Å². The van der Waals surface area contributed by atoms with Crippen molar-refractivity contribution in [1.82, 2.24) is 5.16 Å². The molecule has 0 fully saturated rings. The highest BCUT2D eigenvalue weighted by atomic mass is 16.8. The molecule has 1 aromatic heterocycles. The van der Waals surface area contributed by atoms with Gasteiger partial charge in [0.05, 0.1) is 25.5 Å². The van der Waals surface area contributed by atoms with E-state index in [1.807, 2.05) is 0 Å². The fourth-order valence-corrected chi connectivity index (χ4v) is 2.49. The number of hydrogen-bond acceptors (Lipinski definition) is 8. The van der Waals surface area contributed by atoms with Gasteiger partial charge in [-0.2, -0.15) is 5.11 Å². The van der Waals surface area contributed by atoms with Crippen molar-refractivity contribution in [3.8, 4) is 28.5 Å². The molecule has 2 aromatic carbocycles. The number of nitrogens with zero attached hydrogens (tertiary/aromatic N) is 4. The smallest absolute Gasteiger partial charge is 0.253 e. The summed E-state index contributed by atoms with van der Waals surface area (Å²) in [5.74, 6) is 1.08. The number of rotatable bonds is 5. The lowest BCUT2D eigenvalue weighted by atomic mass is 10.1. The fourth-order valence-electron chi connectivity index (χ4n) is 2.49. The van der Waals surface area contributed by atoms with Crippen LogP contribution in [0.15, 0.2) is 45.2 Å². The predicted octanol–water partition coefficient (Wildman–Crippen LogP) is 3.73. The van der Waals surface area contributed by atoms with Gasteiger partial charge >= 0.3 is 0 Å². The number of phenolic OH excluding ortho intramolecular Hbond substituents is 1. The average Bonchev–Trinajstić information content (AvgIpc) is 3.00. The Balaban J connectivity index is 2.13. The molecule has 27 heavy (non-hydrogen) atoms. The normalized spacial score (nSPS) is 11.1. The molecule has 3 rings (SSSR count). The van der Waals surface area contributed by atoms with Gasteiger partial charge in [-0.3, -0.25) is 4.63 Å². The minimum absolute atomic E-state index is 0.180. The second kappa shape index (κ2) is 7.32. The van der Waals surface area contributed by atoms with E-state index in [0.717, 1.165) is 0 Å². The number of benzene rings is 2. The molecule has 0 saturated carbocycles. The van der Waals surface area contributed by atoms with E-state index in [4.69, 9.17) is 9.47 Å². The first-order valence-corrected chi connectivity index (χ1v) is 7.98. The van der Waals surface area contributed by atoms with Gasteiger partial charge in [0.15, 0.2) is 11.5 Å². The number of aryl methyl sites for hydroxylation is 1. The molecule has 140 valence electrons. The van der Waals surface area contributed by atoms with Crippen molar-refractivity contribution in [2.24, 2.45) is 10.2 Å². The third-order valence-electron chi connectivity index (χ3n) is 4.03. The first-order chi connectivity index (χ1) is 12.9. The van der Waals surface area contributed by atoms with Crippen molar-refractivity contribution in [2.75, 3.05) is 14.2 Å². The maximum Gasteiger partial charge on any atom is 0.253 e. The summed E-state index contributed by atoms with van der Waals surface area (Å²) in [6, 6.07) is 8.17. The third-order valence-corrected chi connectivity index (χ3v) is 4.03. The molecular weight excluding hydrogens is 352 g/mol. The molecule has 3 aromatic rings. The minimum atomic E-state index is 0.180. The van der Waals surface area contributed by atoms with Crippen LogP contribution >= 0.6 is 0 Å². The number of azo groups is 1. The fraction of sp³-hybridized carbons (Fsp3) is 0.222. The van der Waals surface area contributed by atoms with Crippen LogP contribution in [0.3, 0.4) is 0 Å². The Morgan fingerprint density at radius 3 is 2.37 bits per heavy atom. The molecule has 0 atom stereocenters. The van der Waals surface area contributed by atoms with Crippen LogP contribution < -0.4 is 14.4 Å². The van der Waals surface area contributed by atoms with E-state index in [0.29, 0.717) is 44.6 Å². The number of ether oxygens (including phenoxy) is 2. The lowest BCUT2D eigenvalue weighted by Crippen LogP contribution is -2.25. The van der Waals surface area contributed by atoms with Crippen molar-refractivity contribution in [1.29, 1.82) is 0 Å². The maximum atomic E-state index is 11.6. The molecule has 0 saturated heterocycles. The van der Waals surface area contributed by atoms with Crippen LogP contribution in [0.1, 0.15) is 11.3 Å². The van der Waals surface area contributed by atoms with E-state index in [1.165, 1.54) is 14.2 Å². The van der Waals surface area contributed by atoms with Crippen LogP contribution in [0.5, 0.6) is 17.2 Å². The third kappa shape index (κ3) is 3.52. The highest BCUT2D eigenvalue weighted by Gasteiger charge is 2.23. The summed E-state index contributed by atoms with van der Waals surface area (Å²) in [5, 5.41) is 33.5. The molecule has 0 bridgehead atoms. The van der Waals surface area contributed by atoms with Gasteiger partial charge < -0.3 is 19.8 Å². The Bertz CT molecular complexity index is 1010. The van der Waals surface area contributed by atoms with E-state index in [9.17, 15) is 10.3 Å². The Hall–Kier alpha value is -3.62. The Kier molecular flexibility index (Phi) is 4.93. The average molecular weight is 370 g/mol. The minimum Gasteiger partial charge on any atom is -0.508 e. The first kappa shape index (κ1) is 18.2. The van der Waals surface area contributed by atoms with Crippen LogP contribution in [0.4, 0.5) is 11.4 Å². The molecule has 1 N–H and O–H groups in total. The van der Waals surface area contributed by atoms with Gasteiger partial charge in [-0.25, -0.2) is 0 Å². The lowest BCUT2D eigenvalue weighted by molar-refractivity contribution is -0.806. The van der Waals surface area contributed by atoms with Gasteiger partial charge in [0.2, 0.25) is 5.69 Å². The lowest BCUT2D eigenvalue weighted by Gasteiger charge is -2.10. The van der Waals surface area contributed by atoms with Crippen molar-refractivity contribution in [3.63, 3.8) is 0 Å². The quantitative estimate of drug-likeness (QED) is 0.540. The number of methoxy groups -OCH3 is 2. The summed E-state index contributed by atoms with van der Waals surface area (Å²) in [6.45, 7) is 3.35. The monoisotopic (exact) mass is 370 g/mol. The zero-order valence-electron chi connectivity index (χ0n) is 15.3. The van der Waals surface area contributed by atoms with Crippen molar-refractivity contribution in [3.05, 3.63) is 46.8 Å². The largest absolute Gasteiger partial charge is 0.508 e. The molecule has 1 heterocycles. The summed E-state index contributed by atoms with van der Waals surface area (Å²) in [6.07, 6.45) is 0. The van der Waals surface area contributed by atoms with E-state index in [2.05, 4.69) is 20.0 Å². The van der Waals surface area contributed by atoms with E-state index in [1.54, 1.807) is 44.2 Å². The zero-order chi connectivity index (χ0) is 19.6. The molecule has 0 aliphatic rings. The second-order valence-electron chi connectivity index (χ2n) is 5.76. The Morgan fingerprint density at radius 1 is 1.07 bits per heavy atom. The van der Waals surface area contributed by atoms with Gasteiger partial charge in [0.25, 0.3) is 5.69 Å². The number of phenols is 1. The summed E-state index contributed by atoms with van der Waals surface area (Å²) in [7, 11) is 3.01. The SMILES string of the molecule is COc1cc(N=Nc2ccc(O)c(C)c2)c(-c2no[n+]([O-])c2C)cc1OC. The van der Waals surface area contributed by atoms with Gasteiger partial charge in [0.1, 0.15) is 11.4 Å². The van der Waals surface area contributed by atoms with Gasteiger partial charge in [-0.15, -0.1) is 5.11 Å². The molecule has 0 radical (unpaired) electrons. The van der Waals surface area contributed by atoms with Gasteiger partial charge in [-0.1, -0.05) is 0 Å². The van der Waals surface area contributed by atoms with Crippen LogP contribution in [0.2, 0.25) is 0 Å². The Morgan fingerprint density at radius 2 is 1.78 bits per heavy atom. The van der Waals surface area contributed by atoms with E-state index in [-0.39, 0.29) is 11.4 Å². The molecule has 0 amide bonds. The molecule has 0 unspecified atom stereocenters. The summed E-state index contributed by atoms with van der Waals surface area (Å²) in [5.41, 5.74) is 2.75. The van der Waals surface area contributed by atoms with E-state index < -0.39 is 0 Å². The van der Waals surface area contributed by atoms with Crippen LogP contribution in [0, 0.1) is 19.1 Å². The zero-order valence-corrected chi connectivity index (χ0v) is 15.3. The topological polar surface area (TPSA) is 116 Å². The summed E-state index contributed by atoms with van der Waals surface area (Å²) in [4.78, 5) is 0.316. The van der Waals surface area contributed by atoms with Crippen LogP contribution in [-0.2, 0) is 0 Å². The highest BCUT2D eigenvalue weighted by molar-refractivity contribution is 5.77. The number of aromatic nitrogens is 2. The van der Waals surface area contributed by atoms with Crippen molar-refractivity contribution < 1.29 is 24.1 Å². The molecule has 9 heteroatoms.